The van der Waals surface area contributed by atoms with Crippen molar-refractivity contribution in [1.29, 1.82) is 5.26 Å². The highest BCUT2D eigenvalue weighted by Gasteiger charge is 2.19. The van der Waals surface area contributed by atoms with E-state index < -0.39 is 0 Å². The van der Waals surface area contributed by atoms with E-state index in [1.54, 1.807) is 7.11 Å². The topological polar surface area (TPSA) is 105 Å². The van der Waals surface area contributed by atoms with Gasteiger partial charge in [-0.3, -0.25) is 4.79 Å². The average molecular weight is 255 g/mol. The number of anilines is 1. The van der Waals surface area contributed by atoms with Crippen molar-refractivity contribution in [2.75, 3.05) is 32.5 Å². The molecule has 0 spiro atoms. The SMILES string of the molecule is COCCN(CCC#N)C(=O)c1nnc(N)s1. The summed E-state index contributed by atoms with van der Waals surface area (Å²) in [7, 11) is 1.55. The van der Waals surface area contributed by atoms with E-state index in [-0.39, 0.29) is 22.5 Å². The summed E-state index contributed by atoms with van der Waals surface area (Å²) in [5, 5.41) is 16.3. The molecule has 7 nitrogen and oxygen atoms in total. The van der Waals surface area contributed by atoms with Crippen LogP contribution in [0.3, 0.4) is 0 Å². The van der Waals surface area contributed by atoms with Gasteiger partial charge in [0, 0.05) is 20.2 Å². The van der Waals surface area contributed by atoms with Gasteiger partial charge in [0.15, 0.2) is 0 Å². The molecule has 8 heteroatoms. The molecule has 1 aromatic heterocycles. The molecule has 0 radical (unpaired) electrons. The van der Waals surface area contributed by atoms with Gasteiger partial charge in [0.1, 0.15) is 0 Å². The van der Waals surface area contributed by atoms with Gasteiger partial charge in [-0.1, -0.05) is 11.3 Å². The number of aromatic nitrogens is 2. The summed E-state index contributed by atoms with van der Waals surface area (Å²) < 4.78 is 4.91. The van der Waals surface area contributed by atoms with Crippen LogP contribution < -0.4 is 5.73 Å². The fourth-order valence-electron chi connectivity index (χ4n) is 1.16. The molecule has 0 aliphatic rings. The molecule has 1 amide bonds. The number of nitriles is 1. The van der Waals surface area contributed by atoms with Crippen LogP contribution in [0.1, 0.15) is 16.2 Å². The largest absolute Gasteiger partial charge is 0.383 e. The minimum absolute atomic E-state index is 0.233. The van der Waals surface area contributed by atoms with Crippen molar-refractivity contribution in [1.82, 2.24) is 15.1 Å². The molecule has 0 bridgehead atoms. The molecule has 0 fully saturated rings. The summed E-state index contributed by atoms with van der Waals surface area (Å²) in [5.41, 5.74) is 5.41. The Balaban J connectivity index is 2.68. The molecule has 0 saturated heterocycles. The van der Waals surface area contributed by atoms with Crippen molar-refractivity contribution in [2.24, 2.45) is 0 Å². The Labute approximate surface area is 103 Å². The molecule has 2 N–H and O–H groups in total. The molecule has 1 aromatic rings. The van der Waals surface area contributed by atoms with E-state index in [0.717, 1.165) is 11.3 Å². The number of hydrogen-bond donors (Lipinski definition) is 1. The van der Waals surface area contributed by atoms with Crippen LogP contribution in [0.5, 0.6) is 0 Å². The van der Waals surface area contributed by atoms with Crippen LogP contribution in [0.15, 0.2) is 0 Å². The normalized spacial score (nSPS) is 9.88. The lowest BCUT2D eigenvalue weighted by molar-refractivity contribution is 0.0698. The number of methoxy groups -OCH3 is 1. The number of rotatable bonds is 6. The third kappa shape index (κ3) is 3.97. The second-order valence-corrected chi connectivity index (χ2v) is 4.15. The van der Waals surface area contributed by atoms with E-state index in [4.69, 9.17) is 15.7 Å². The third-order valence-electron chi connectivity index (χ3n) is 1.97. The summed E-state index contributed by atoms with van der Waals surface area (Å²) in [6.07, 6.45) is 0.268. The van der Waals surface area contributed by atoms with Gasteiger partial charge >= 0.3 is 0 Å². The second-order valence-electron chi connectivity index (χ2n) is 3.14. The van der Waals surface area contributed by atoms with Gasteiger partial charge in [0.05, 0.1) is 19.1 Å². The predicted molar refractivity (Wildman–Crippen MR) is 62.3 cm³/mol. The molecule has 1 heterocycles. The first-order valence-electron chi connectivity index (χ1n) is 4.93. The van der Waals surface area contributed by atoms with Crippen LogP contribution in [0, 0.1) is 11.3 Å². The molecule has 92 valence electrons. The summed E-state index contributed by atoms with van der Waals surface area (Å²) in [4.78, 5) is 13.5. The number of carbonyl (C=O) groups is 1. The Bertz CT molecular complexity index is 414. The predicted octanol–water partition coefficient (Wildman–Crippen LogP) is 0.123. The van der Waals surface area contributed by atoms with Crippen LogP contribution in [-0.4, -0.2) is 47.8 Å². The fourth-order valence-corrected chi connectivity index (χ4v) is 1.74. The maximum Gasteiger partial charge on any atom is 0.285 e. The molecule has 0 aliphatic heterocycles. The second kappa shape index (κ2) is 6.78. The Morgan fingerprint density at radius 1 is 1.59 bits per heavy atom. The summed E-state index contributed by atoms with van der Waals surface area (Å²) in [5.74, 6) is -0.272. The summed E-state index contributed by atoms with van der Waals surface area (Å²) in [6.45, 7) is 1.17. The molecule has 0 atom stereocenters. The van der Waals surface area contributed by atoms with Crippen LogP contribution in [-0.2, 0) is 4.74 Å². The first-order valence-corrected chi connectivity index (χ1v) is 5.74. The Morgan fingerprint density at radius 2 is 2.35 bits per heavy atom. The smallest absolute Gasteiger partial charge is 0.285 e. The Hall–Kier alpha value is -1.72. The minimum Gasteiger partial charge on any atom is -0.383 e. The van der Waals surface area contributed by atoms with Gasteiger partial charge in [0.2, 0.25) is 10.1 Å². The number of nitrogen functional groups attached to an aromatic ring is 1. The lowest BCUT2D eigenvalue weighted by Crippen LogP contribution is -2.34. The fraction of sp³-hybridized carbons (Fsp3) is 0.556. The van der Waals surface area contributed by atoms with Gasteiger partial charge in [-0.15, -0.1) is 10.2 Å². The van der Waals surface area contributed by atoms with E-state index >= 15 is 0 Å². The van der Waals surface area contributed by atoms with Crippen molar-refractivity contribution in [3.8, 4) is 6.07 Å². The Kier molecular flexibility index (Phi) is 5.32. The standard InChI is InChI=1S/C9H13N5O2S/c1-16-6-5-14(4-2-3-10)8(15)7-12-13-9(11)17-7/h2,4-6H2,1H3,(H2,11,13). The van der Waals surface area contributed by atoms with Crippen molar-refractivity contribution in [2.45, 2.75) is 6.42 Å². The molecule has 0 unspecified atom stereocenters. The van der Waals surface area contributed by atoms with Crippen LogP contribution >= 0.6 is 11.3 Å². The number of carbonyl (C=O) groups excluding carboxylic acids is 1. The highest BCUT2D eigenvalue weighted by atomic mass is 32.1. The van der Waals surface area contributed by atoms with Crippen molar-refractivity contribution in [3.63, 3.8) is 0 Å². The van der Waals surface area contributed by atoms with E-state index in [0.29, 0.717) is 19.7 Å². The number of amides is 1. The monoisotopic (exact) mass is 255 g/mol. The quantitative estimate of drug-likeness (QED) is 0.774. The van der Waals surface area contributed by atoms with E-state index in [9.17, 15) is 4.79 Å². The lowest BCUT2D eigenvalue weighted by Gasteiger charge is -2.19. The number of nitrogens with two attached hydrogens (primary N) is 1. The number of ether oxygens (including phenoxy) is 1. The van der Waals surface area contributed by atoms with E-state index in [2.05, 4.69) is 10.2 Å². The zero-order valence-corrected chi connectivity index (χ0v) is 10.2. The summed E-state index contributed by atoms with van der Waals surface area (Å²) >= 11 is 1.03. The highest BCUT2D eigenvalue weighted by Crippen LogP contribution is 2.13. The zero-order chi connectivity index (χ0) is 12.7. The first kappa shape index (κ1) is 13.3. The minimum atomic E-state index is -0.272. The molecule has 0 saturated carbocycles. The van der Waals surface area contributed by atoms with Gasteiger partial charge in [-0.2, -0.15) is 5.26 Å². The van der Waals surface area contributed by atoms with Gasteiger partial charge in [0.25, 0.3) is 5.91 Å². The first-order chi connectivity index (χ1) is 8.19. The maximum atomic E-state index is 12.0. The van der Waals surface area contributed by atoms with Crippen LogP contribution in [0.2, 0.25) is 0 Å². The molecule has 1 rings (SSSR count). The molecular formula is C9H13N5O2S. The molecule has 0 aliphatic carbocycles. The van der Waals surface area contributed by atoms with Gasteiger partial charge in [-0.05, 0) is 0 Å². The van der Waals surface area contributed by atoms with E-state index in [1.807, 2.05) is 6.07 Å². The molecule has 17 heavy (non-hydrogen) atoms. The third-order valence-corrected chi connectivity index (χ3v) is 2.71. The lowest BCUT2D eigenvalue weighted by atomic mass is 10.4. The van der Waals surface area contributed by atoms with Crippen molar-refractivity contribution >= 4 is 22.4 Å². The highest BCUT2D eigenvalue weighted by molar-refractivity contribution is 7.16. The van der Waals surface area contributed by atoms with Crippen molar-refractivity contribution in [3.05, 3.63) is 5.01 Å². The van der Waals surface area contributed by atoms with E-state index in [1.165, 1.54) is 4.90 Å². The van der Waals surface area contributed by atoms with Gasteiger partial charge < -0.3 is 15.4 Å². The number of nitrogens with zero attached hydrogens (tertiary/aromatic N) is 4. The summed E-state index contributed by atoms with van der Waals surface area (Å²) in [6, 6.07) is 1.99. The number of hydrogen-bond acceptors (Lipinski definition) is 7. The molecule has 0 aromatic carbocycles. The van der Waals surface area contributed by atoms with Crippen molar-refractivity contribution < 1.29 is 9.53 Å². The molecular weight excluding hydrogens is 242 g/mol. The average Bonchev–Trinajstić information content (AvgIpc) is 2.75. The van der Waals surface area contributed by atoms with Gasteiger partial charge in [-0.25, -0.2) is 0 Å². The Morgan fingerprint density at radius 3 is 2.88 bits per heavy atom. The van der Waals surface area contributed by atoms with Crippen LogP contribution in [0.25, 0.3) is 0 Å². The van der Waals surface area contributed by atoms with Crippen LogP contribution in [0.4, 0.5) is 5.13 Å². The zero-order valence-electron chi connectivity index (χ0n) is 9.42. The maximum absolute atomic E-state index is 12.0.